The minimum Gasteiger partial charge on any atom is -0.439 e. The van der Waals surface area contributed by atoms with Crippen molar-refractivity contribution in [3.8, 4) is 11.6 Å². The van der Waals surface area contributed by atoms with Crippen LogP contribution in [0.5, 0.6) is 11.6 Å². The topological polar surface area (TPSA) is 59.5 Å². The minimum absolute atomic E-state index is 0.0105. The number of hydrogen-bond donors (Lipinski definition) is 0. The minimum atomic E-state index is -0.242. The normalized spacial score (nSPS) is 10.4. The zero-order valence-corrected chi connectivity index (χ0v) is 16.7. The number of amides is 1. The highest BCUT2D eigenvalue weighted by Crippen LogP contribution is 2.25. The highest BCUT2D eigenvalue weighted by molar-refractivity contribution is 6.42. The molecule has 7 heteroatoms. The Morgan fingerprint density at radius 1 is 0.929 bits per heavy atom. The molecule has 5 nitrogen and oxygen atoms in total. The number of pyridine rings is 1. The molecule has 0 radical (unpaired) electrons. The van der Waals surface area contributed by atoms with E-state index in [2.05, 4.69) is 4.98 Å². The second-order valence-corrected chi connectivity index (χ2v) is 6.84. The molecule has 0 atom stereocenters. The predicted octanol–water partition coefficient (Wildman–Crippen LogP) is 5.66. The van der Waals surface area contributed by atoms with Gasteiger partial charge in [0.1, 0.15) is 5.75 Å². The Morgan fingerprint density at radius 2 is 1.61 bits per heavy atom. The van der Waals surface area contributed by atoms with Crippen LogP contribution in [0.2, 0.25) is 10.0 Å². The van der Waals surface area contributed by atoms with Crippen molar-refractivity contribution in [2.75, 3.05) is 11.9 Å². The first-order valence-electron chi connectivity index (χ1n) is 8.33. The third-order valence-electron chi connectivity index (χ3n) is 4.06. The fourth-order valence-corrected chi connectivity index (χ4v) is 2.75. The number of hydrogen-bond acceptors (Lipinski definition) is 4. The number of ketones is 1. The van der Waals surface area contributed by atoms with Crippen LogP contribution in [0.15, 0.2) is 60.8 Å². The molecule has 0 saturated heterocycles. The number of rotatable bonds is 5. The van der Waals surface area contributed by atoms with Gasteiger partial charge in [0.25, 0.3) is 5.91 Å². The van der Waals surface area contributed by atoms with E-state index >= 15 is 0 Å². The van der Waals surface area contributed by atoms with Crippen LogP contribution < -0.4 is 9.64 Å². The Morgan fingerprint density at radius 3 is 2.18 bits per heavy atom. The van der Waals surface area contributed by atoms with Crippen LogP contribution in [0.3, 0.4) is 0 Å². The van der Waals surface area contributed by atoms with Gasteiger partial charge >= 0.3 is 0 Å². The Hall–Kier alpha value is -2.89. The van der Waals surface area contributed by atoms with Gasteiger partial charge in [-0.3, -0.25) is 9.59 Å². The molecule has 3 aromatic rings. The Kier molecular flexibility index (Phi) is 5.97. The van der Waals surface area contributed by atoms with Gasteiger partial charge in [-0.05, 0) is 55.5 Å². The maximum absolute atomic E-state index is 12.6. The van der Waals surface area contributed by atoms with Crippen LogP contribution in [0.1, 0.15) is 27.6 Å². The molecule has 0 unspecified atom stereocenters. The molecule has 0 N–H and O–H groups in total. The summed E-state index contributed by atoms with van der Waals surface area (Å²) in [6, 6.07) is 14.9. The van der Waals surface area contributed by atoms with Gasteiger partial charge in [-0.1, -0.05) is 23.2 Å². The molecule has 1 amide bonds. The third-order valence-corrected chi connectivity index (χ3v) is 4.80. The highest BCUT2D eigenvalue weighted by atomic mass is 35.5. The quantitative estimate of drug-likeness (QED) is 0.505. The zero-order chi connectivity index (χ0) is 20.3. The number of nitrogens with zero attached hydrogens (tertiary/aromatic N) is 2. The number of aromatic nitrogens is 1. The van der Waals surface area contributed by atoms with E-state index in [4.69, 9.17) is 27.9 Å². The number of benzene rings is 2. The number of anilines is 1. The fraction of sp³-hybridized carbons (Fsp3) is 0.0952. The molecule has 0 aliphatic heterocycles. The lowest BCUT2D eigenvalue weighted by Gasteiger charge is -2.17. The second kappa shape index (κ2) is 8.42. The summed E-state index contributed by atoms with van der Waals surface area (Å²) in [5.74, 6) is 0.678. The number of carbonyl (C=O) groups is 2. The molecular weight excluding hydrogens is 399 g/mol. The van der Waals surface area contributed by atoms with Crippen LogP contribution in [-0.2, 0) is 0 Å². The Bertz CT molecular complexity index is 1020. The molecule has 3 rings (SSSR count). The molecule has 28 heavy (non-hydrogen) atoms. The van der Waals surface area contributed by atoms with Crippen molar-refractivity contribution in [2.24, 2.45) is 0 Å². The Balaban J connectivity index is 1.71. The predicted molar refractivity (Wildman–Crippen MR) is 110 cm³/mol. The van der Waals surface area contributed by atoms with Crippen molar-refractivity contribution in [3.05, 3.63) is 82.0 Å². The summed E-state index contributed by atoms with van der Waals surface area (Å²) in [7, 11) is 1.64. The van der Waals surface area contributed by atoms with Gasteiger partial charge < -0.3 is 9.64 Å². The largest absolute Gasteiger partial charge is 0.439 e. The van der Waals surface area contributed by atoms with Crippen LogP contribution in [0.25, 0.3) is 0 Å². The van der Waals surface area contributed by atoms with Gasteiger partial charge in [-0.25, -0.2) is 4.98 Å². The summed E-state index contributed by atoms with van der Waals surface area (Å²) in [4.78, 5) is 29.6. The average molecular weight is 415 g/mol. The van der Waals surface area contributed by atoms with Gasteiger partial charge in [-0.2, -0.15) is 0 Å². The molecule has 1 heterocycles. The average Bonchev–Trinajstić information content (AvgIpc) is 2.70. The molecule has 0 aliphatic carbocycles. The summed E-state index contributed by atoms with van der Waals surface area (Å²) < 4.78 is 5.66. The van der Waals surface area contributed by atoms with Crippen molar-refractivity contribution in [1.82, 2.24) is 4.98 Å². The van der Waals surface area contributed by atoms with Crippen molar-refractivity contribution < 1.29 is 14.3 Å². The molecule has 0 spiro atoms. The monoisotopic (exact) mass is 414 g/mol. The lowest BCUT2D eigenvalue weighted by molar-refractivity contribution is 0.0990. The van der Waals surface area contributed by atoms with Crippen LogP contribution in [-0.4, -0.2) is 23.7 Å². The van der Waals surface area contributed by atoms with E-state index < -0.39 is 0 Å². The van der Waals surface area contributed by atoms with Gasteiger partial charge in [0.15, 0.2) is 5.78 Å². The van der Waals surface area contributed by atoms with E-state index in [9.17, 15) is 9.59 Å². The number of halogens is 2. The van der Waals surface area contributed by atoms with Gasteiger partial charge in [0.05, 0.1) is 21.9 Å². The first kappa shape index (κ1) is 19.9. The maximum atomic E-state index is 12.6. The lowest BCUT2D eigenvalue weighted by atomic mass is 10.1. The number of carbonyl (C=O) groups excluding carboxylic acids is 2. The van der Waals surface area contributed by atoms with Crippen LogP contribution in [0.4, 0.5) is 5.69 Å². The first-order chi connectivity index (χ1) is 13.3. The second-order valence-electron chi connectivity index (χ2n) is 6.03. The summed E-state index contributed by atoms with van der Waals surface area (Å²) in [5.41, 5.74) is 1.62. The van der Waals surface area contributed by atoms with Crippen molar-refractivity contribution in [1.29, 1.82) is 0 Å². The summed E-state index contributed by atoms with van der Waals surface area (Å²) in [5, 5.41) is 0.707. The van der Waals surface area contributed by atoms with Gasteiger partial charge in [-0.15, -0.1) is 0 Å². The first-order valence-corrected chi connectivity index (χ1v) is 9.09. The third kappa shape index (κ3) is 4.50. The molecule has 0 bridgehead atoms. The molecule has 1 aromatic heterocycles. The van der Waals surface area contributed by atoms with E-state index in [0.717, 1.165) is 0 Å². The molecule has 0 saturated carbocycles. The summed E-state index contributed by atoms with van der Waals surface area (Å²) in [6.07, 6.45) is 1.54. The van der Waals surface area contributed by atoms with E-state index in [1.165, 1.54) is 24.1 Å². The van der Waals surface area contributed by atoms with E-state index in [0.29, 0.717) is 38.5 Å². The molecule has 0 fully saturated rings. The van der Waals surface area contributed by atoms with Gasteiger partial charge in [0, 0.05) is 24.2 Å². The highest BCUT2D eigenvalue weighted by Gasteiger charge is 2.15. The van der Waals surface area contributed by atoms with Crippen molar-refractivity contribution in [2.45, 2.75) is 6.92 Å². The fourth-order valence-electron chi connectivity index (χ4n) is 2.45. The summed E-state index contributed by atoms with van der Waals surface area (Å²) >= 11 is 11.9. The molecule has 0 aliphatic rings. The number of ether oxygens (including phenoxy) is 1. The van der Waals surface area contributed by atoms with Crippen LogP contribution in [0, 0.1) is 0 Å². The summed E-state index contributed by atoms with van der Waals surface area (Å²) in [6.45, 7) is 1.51. The Labute approximate surface area is 172 Å². The molecule has 142 valence electrons. The maximum Gasteiger partial charge on any atom is 0.258 e. The van der Waals surface area contributed by atoms with E-state index in [1.54, 1.807) is 55.6 Å². The smallest absolute Gasteiger partial charge is 0.258 e. The van der Waals surface area contributed by atoms with Crippen molar-refractivity contribution >= 4 is 40.6 Å². The molecular formula is C21H16Cl2N2O3. The lowest BCUT2D eigenvalue weighted by Crippen LogP contribution is -2.26. The van der Waals surface area contributed by atoms with E-state index in [-0.39, 0.29) is 11.7 Å². The SMILES string of the molecule is CC(=O)c1ccc(Oc2ccc(N(C)C(=O)c3ccc(Cl)c(Cl)c3)cn2)cc1. The number of Topliss-reactive ketones (excluding diaryl/α,β-unsaturated/α-hetero) is 1. The van der Waals surface area contributed by atoms with Crippen molar-refractivity contribution in [3.63, 3.8) is 0 Å². The van der Waals surface area contributed by atoms with Gasteiger partial charge in [0.2, 0.25) is 5.88 Å². The van der Waals surface area contributed by atoms with Crippen LogP contribution >= 0.6 is 23.2 Å². The molecule has 2 aromatic carbocycles. The standard InChI is InChI=1S/C21H16Cl2N2O3/c1-13(26)14-3-7-17(8-4-14)28-20-10-6-16(12-24-20)25(2)21(27)15-5-9-18(22)19(23)11-15/h3-12H,1-2H3. The van der Waals surface area contributed by atoms with E-state index in [1.807, 2.05) is 0 Å². The zero-order valence-electron chi connectivity index (χ0n) is 15.1.